The van der Waals surface area contributed by atoms with Gasteiger partial charge in [0.05, 0.1) is 11.7 Å². The first kappa shape index (κ1) is 12.6. The van der Waals surface area contributed by atoms with Crippen LogP contribution in [0.4, 0.5) is 0 Å². The maximum Gasteiger partial charge on any atom is 0.100 e. The summed E-state index contributed by atoms with van der Waals surface area (Å²) in [5.41, 5.74) is 0.757. The molecule has 1 heterocycles. The van der Waals surface area contributed by atoms with Gasteiger partial charge < -0.3 is 10.4 Å². The molecule has 1 aromatic heterocycles. The molecule has 3 nitrogen and oxygen atoms in total. The lowest BCUT2D eigenvalue weighted by Gasteiger charge is -2.25. The number of aliphatic hydroxyl groups excluding tert-OH is 1. The number of nitrogens with one attached hydrogen (secondary N) is 1. The summed E-state index contributed by atoms with van der Waals surface area (Å²) in [6.07, 6.45) is 4.08. The van der Waals surface area contributed by atoms with Gasteiger partial charge in [0.2, 0.25) is 0 Å². The third-order valence-corrected chi connectivity index (χ3v) is 4.27. The molecular formula is C13H18N2OS. The lowest BCUT2D eigenvalue weighted by Crippen LogP contribution is -2.27. The summed E-state index contributed by atoms with van der Waals surface area (Å²) in [5.74, 6) is 0.703. The Kier molecular flexibility index (Phi) is 4.55. The molecule has 1 fully saturated rings. The summed E-state index contributed by atoms with van der Waals surface area (Å²) in [5, 5.41) is 23.5. The van der Waals surface area contributed by atoms with Crippen LogP contribution < -0.4 is 5.32 Å². The van der Waals surface area contributed by atoms with Crippen molar-refractivity contribution in [3.05, 3.63) is 21.9 Å². The molecule has 92 valence electrons. The summed E-state index contributed by atoms with van der Waals surface area (Å²) in [6, 6.07) is 4.09. The highest BCUT2D eigenvalue weighted by molar-refractivity contribution is 7.10. The van der Waals surface area contributed by atoms with Crippen molar-refractivity contribution in [2.45, 2.75) is 38.3 Å². The minimum absolute atomic E-state index is 0.0678. The SMILES string of the molecule is N#Cc1csc(CNCC2CCC(O)CC2)c1. The standard InChI is InChI=1S/C13H18N2OS/c14-6-11-5-13(17-9-11)8-15-7-10-1-3-12(16)4-2-10/h5,9-10,12,15-16H,1-4,7-8H2. The van der Waals surface area contributed by atoms with E-state index >= 15 is 0 Å². The van der Waals surface area contributed by atoms with Crippen LogP contribution in [0.5, 0.6) is 0 Å². The van der Waals surface area contributed by atoms with E-state index in [1.165, 1.54) is 4.88 Å². The van der Waals surface area contributed by atoms with Crippen molar-refractivity contribution in [3.63, 3.8) is 0 Å². The fraction of sp³-hybridized carbons (Fsp3) is 0.615. The second-order valence-corrected chi connectivity index (χ2v) is 5.71. The fourth-order valence-electron chi connectivity index (χ4n) is 2.28. The zero-order valence-electron chi connectivity index (χ0n) is 9.85. The van der Waals surface area contributed by atoms with Gasteiger partial charge in [-0.1, -0.05) is 0 Å². The number of hydrogen-bond acceptors (Lipinski definition) is 4. The number of rotatable bonds is 4. The van der Waals surface area contributed by atoms with Gasteiger partial charge in [-0.3, -0.25) is 0 Å². The predicted molar refractivity (Wildman–Crippen MR) is 68.7 cm³/mol. The van der Waals surface area contributed by atoms with Crippen LogP contribution in [0, 0.1) is 17.2 Å². The minimum atomic E-state index is -0.0678. The summed E-state index contributed by atoms with van der Waals surface area (Å²) in [6.45, 7) is 1.87. The average molecular weight is 250 g/mol. The predicted octanol–water partition coefficient (Wildman–Crippen LogP) is 2.26. The van der Waals surface area contributed by atoms with Gasteiger partial charge in [-0.15, -0.1) is 11.3 Å². The Morgan fingerprint density at radius 2 is 2.18 bits per heavy atom. The van der Waals surface area contributed by atoms with E-state index in [1.807, 2.05) is 11.4 Å². The van der Waals surface area contributed by atoms with Crippen LogP contribution in [-0.4, -0.2) is 17.8 Å². The third-order valence-electron chi connectivity index (χ3n) is 3.33. The molecule has 0 radical (unpaired) electrons. The van der Waals surface area contributed by atoms with E-state index < -0.39 is 0 Å². The molecule has 0 atom stereocenters. The van der Waals surface area contributed by atoms with Crippen LogP contribution in [0.3, 0.4) is 0 Å². The molecule has 0 spiro atoms. The molecule has 1 aliphatic rings. The summed E-state index contributed by atoms with van der Waals surface area (Å²) >= 11 is 1.64. The van der Waals surface area contributed by atoms with Crippen LogP contribution in [0.1, 0.15) is 36.1 Å². The van der Waals surface area contributed by atoms with Crippen LogP contribution >= 0.6 is 11.3 Å². The van der Waals surface area contributed by atoms with Crippen molar-refractivity contribution >= 4 is 11.3 Å². The molecular weight excluding hydrogens is 232 g/mol. The van der Waals surface area contributed by atoms with Crippen molar-refractivity contribution in [3.8, 4) is 6.07 Å². The van der Waals surface area contributed by atoms with E-state index in [0.717, 1.165) is 44.3 Å². The second-order valence-electron chi connectivity index (χ2n) is 4.72. The molecule has 0 saturated heterocycles. The highest BCUT2D eigenvalue weighted by atomic mass is 32.1. The van der Waals surface area contributed by atoms with Crippen LogP contribution in [0.25, 0.3) is 0 Å². The smallest absolute Gasteiger partial charge is 0.100 e. The van der Waals surface area contributed by atoms with Crippen molar-refractivity contribution in [2.75, 3.05) is 6.54 Å². The molecule has 2 N–H and O–H groups in total. The molecule has 1 aliphatic carbocycles. The molecule has 0 bridgehead atoms. The topological polar surface area (TPSA) is 56.0 Å². The zero-order chi connectivity index (χ0) is 12.1. The van der Waals surface area contributed by atoms with Gasteiger partial charge in [-0.25, -0.2) is 0 Å². The van der Waals surface area contributed by atoms with Gasteiger partial charge in [0, 0.05) is 16.8 Å². The molecule has 1 aromatic rings. The first-order valence-electron chi connectivity index (χ1n) is 6.14. The van der Waals surface area contributed by atoms with E-state index in [1.54, 1.807) is 11.3 Å². The highest BCUT2D eigenvalue weighted by Gasteiger charge is 2.18. The van der Waals surface area contributed by atoms with Gasteiger partial charge in [0.25, 0.3) is 0 Å². The Bertz CT molecular complexity index is 388. The number of thiophene rings is 1. The van der Waals surface area contributed by atoms with E-state index in [4.69, 9.17) is 5.26 Å². The maximum absolute atomic E-state index is 9.41. The number of aliphatic hydroxyl groups is 1. The van der Waals surface area contributed by atoms with Crippen molar-refractivity contribution < 1.29 is 5.11 Å². The molecule has 2 rings (SSSR count). The molecule has 17 heavy (non-hydrogen) atoms. The molecule has 0 amide bonds. The summed E-state index contributed by atoms with van der Waals surface area (Å²) in [7, 11) is 0. The first-order valence-corrected chi connectivity index (χ1v) is 7.02. The highest BCUT2D eigenvalue weighted by Crippen LogP contribution is 2.23. The lowest BCUT2D eigenvalue weighted by molar-refractivity contribution is 0.108. The number of nitriles is 1. The quantitative estimate of drug-likeness (QED) is 0.862. The first-order chi connectivity index (χ1) is 8.28. The largest absolute Gasteiger partial charge is 0.393 e. The summed E-state index contributed by atoms with van der Waals surface area (Å²) in [4.78, 5) is 1.22. The Morgan fingerprint density at radius 3 is 2.82 bits per heavy atom. The number of hydrogen-bond donors (Lipinski definition) is 2. The van der Waals surface area contributed by atoms with Gasteiger partial charge in [0.15, 0.2) is 0 Å². The Hall–Kier alpha value is -0.890. The van der Waals surface area contributed by atoms with Crippen molar-refractivity contribution in [1.82, 2.24) is 5.32 Å². The minimum Gasteiger partial charge on any atom is -0.393 e. The zero-order valence-corrected chi connectivity index (χ0v) is 10.7. The third kappa shape index (κ3) is 3.81. The second kappa shape index (κ2) is 6.15. The fourth-order valence-corrected chi connectivity index (χ4v) is 3.06. The van der Waals surface area contributed by atoms with Crippen LogP contribution in [0.15, 0.2) is 11.4 Å². The number of nitrogens with zero attached hydrogens (tertiary/aromatic N) is 1. The van der Waals surface area contributed by atoms with Gasteiger partial charge in [0.1, 0.15) is 6.07 Å². The van der Waals surface area contributed by atoms with E-state index in [-0.39, 0.29) is 6.10 Å². The summed E-state index contributed by atoms with van der Waals surface area (Å²) < 4.78 is 0. The van der Waals surface area contributed by atoms with Crippen LogP contribution in [-0.2, 0) is 6.54 Å². The Balaban J connectivity index is 1.67. The molecule has 1 saturated carbocycles. The average Bonchev–Trinajstić information content (AvgIpc) is 2.80. The lowest BCUT2D eigenvalue weighted by atomic mass is 9.87. The molecule has 0 aliphatic heterocycles. The normalized spacial score (nSPS) is 24.5. The molecule has 0 unspecified atom stereocenters. The van der Waals surface area contributed by atoms with Gasteiger partial charge in [-0.05, 0) is 44.2 Å². The molecule has 0 aromatic carbocycles. The van der Waals surface area contributed by atoms with Crippen molar-refractivity contribution in [1.29, 1.82) is 5.26 Å². The van der Waals surface area contributed by atoms with E-state index in [2.05, 4.69) is 11.4 Å². The monoisotopic (exact) mass is 250 g/mol. The molecule has 4 heteroatoms. The van der Waals surface area contributed by atoms with Gasteiger partial charge in [-0.2, -0.15) is 5.26 Å². The van der Waals surface area contributed by atoms with Gasteiger partial charge >= 0.3 is 0 Å². The van der Waals surface area contributed by atoms with Crippen LogP contribution in [0.2, 0.25) is 0 Å². The Labute approximate surface area is 106 Å². The maximum atomic E-state index is 9.41. The Morgan fingerprint density at radius 1 is 1.41 bits per heavy atom. The van der Waals surface area contributed by atoms with E-state index in [0.29, 0.717) is 5.92 Å². The van der Waals surface area contributed by atoms with E-state index in [9.17, 15) is 5.11 Å². The van der Waals surface area contributed by atoms with Crippen molar-refractivity contribution in [2.24, 2.45) is 5.92 Å².